The molecule has 2 aromatic heterocycles. The largest absolute Gasteiger partial charge is 0.328 e. The van der Waals surface area contributed by atoms with Gasteiger partial charge in [0.2, 0.25) is 0 Å². The molecule has 0 radical (unpaired) electrons. The summed E-state index contributed by atoms with van der Waals surface area (Å²) in [6.07, 6.45) is 1.89. The van der Waals surface area contributed by atoms with Crippen LogP contribution >= 0.6 is 0 Å². The van der Waals surface area contributed by atoms with Crippen LogP contribution in [0.15, 0.2) is 79.0 Å². The molecule has 6 nitrogen and oxygen atoms in total. The minimum Gasteiger partial charge on any atom is -0.328 e. The van der Waals surface area contributed by atoms with Crippen LogP contribution in [0.3, 0.4) is 0 Å². The van der Waals surface area contributed by atoms with E-state index in [1.165, 1.54) is 5.56 Å². The third kappa shape index (κ3) is 4.11. The van der Waals surface area contributed by atoms with E-state index in [1.54, 1.807) is 0 Å². The van der Waals surface area contributed by atoms with Crippen LogP contribution in [0.25, 0.3) is 5.65 Å². The molecule has 0 bridgehead atoms. The Bertz CT molecular complexity index is 1110. The molecule has 4 rings (SSSR count). The maximum absolute atomic E-state index is 12.8. The standard InChI is InChI=1S/C23H23N5O/c1-16-11-13-19(14-12-16)21(18-8-4-3-5-9-18)25-23(29)24-17(2)22-27-26-20-10-6-7-15-28(20)22/h3-15,17,21H,1-2H3,(H2,24,25,29). The number of fused-ring (bicyclic) bond motifs is 1. The summed E-state index contributed by atoms with van der Waals surface area (Å²) in [5.41, 5.74) is 3.97. The van der Waals surface area contributed by atoms with E-state index < -0.39 is 0 Å². The molecule has 2 N–H and O–H groups in total. The number of aromatic nitrogens is 3. The molecule has 0 aliphatic rings. The second-order valence-corrected chi connectivity index (χ2v) is 7.08. The van der Waals surface area contributed by atoms with Crippen molar-refractivity contribution in [1.82, 2.24) is 25.2 Å². The molecule has 0 aliphatic heterocycles. The van der Waals surface area contributed by atoms with Gasteiger partial charge < -0.3 is 10.6 Å². The summed E-state index contributed by atoms with van der Waals surface area (Å²) < 4.78 is 1.87. The Hall–Kier alpha value is -3.67. The van der Waals surface area contributed by atoms with Crippen LogP contribution in [-0.4, -0.2) is 20.6 Å². The van der Waals surface area contributed by atoms with Gasteiger partial charge in [-0.15, -0.1) is 10.2 Å². The predicted molar refractivity (Wildman–Crippen MR) is 113 cm³/mol. The minimum atomic E-state index is -0.304. The van der Waals surface area contributed by atoms with E-state index in [2.05, 4.69) is 33.0 Å². The number of carbonyl (C=O) groups is 1. The molecule has 29 heavy (non-hydrogen) atoms. The quantitative estimate of drug-likeness (QED) is 0.541. The Morgan fingerprint density at radius 2 is 1.55 bits per heavy atom. The SMILES string of the molecule is Cc1ccc(C(NC(=O)NC(C)c2nnc3ccccn23)c2ccccc2)cc1. The van der Waals surface area contributed by atoms with E-state index in [0.717, 1.165) is 16.8 Å². The molecule has 0 aliphatic carbocycles. The zero-order valence-electron chi connectivity index (χ0n) is 16.4. The number of hydrogen-bond acceptors (Lipinski definition) is 3. The van der Waals surface area contributed by atoms with Crippen LogP contribution in [0.2, 0.25) is 0 Å². The molecule has 0 saturated carbocycles. The van der Waals surface area contributed by atoms with Crippen molar-refractivity contribution in [1.29, 1.82) is 0 Å². The van der Waals surface area contributed by atoms with E-state index in [4.69, 9.17) is 0 Å². The van der Waals surface area contributed by atoms with Crippen LogP contribution in [0.4, 0.5) is 4.79 Å². The topological polar surface area (TPSA) is 71.3 Å². The van der Waals surface area contributed by atoms with Gasteiger partial charge in [-0.05, 0) is 37.1 Å². The Kier molecular flexibility index (Phi) is 5.24. The minimum absolute atomic E-state index is 0.251. The van der Waals surface area contributed by atoms with Crippen LogP contribution in [0.5, 0.6) is 0 Å². The number of benzene rings is 2. The Balaban J connectivity index is 1.54. The van der Waals surface area contributed by atoms with Gasteiger partial charge in [0.05, 0.1) is 12.1 Å². The van der Waals surface area contributed by atoms with Crippen molar-refractivity contribution in [3.8, 4) is 0 Å². The number of urea groups is 1. The summed E-state index contributed by atoms with van der Waals surface area (Å²) >= 11 is 0. The highest BCUT2D eigenvalue weighted by Gasteiger charge is 2.20. The van der Waals surface area contributed by atoms with Gasteiger partial charge in [0.1, 0.15) is 0 Å². The number of amides is 2. The van der Waals surface area contributed by atoms with Gasteiger partial charge in [-0.2, -0.15) is 0 Å². The number of nitrogens with one attached hydrogen (secondary N) is 2. The Morgan fingerprint density at radius 1 is 0.862 bits per heavy atom. The molecule has 2 aromatic carbocycles. The molecule has 0 saturated heterocycles. The summed E-state index contributed by atoms with van der Waals surface area (Å²) in [5, 5.41) is 14.5. The molecule has 0 spiro atoms. The van der Waals surface area contributed by atoms with Crippen molar-refractivity contribution in [2.24, 2.45) is 0 Å². The van der Waals surface area contributed by atoms with Crippen LogP contribution < -0.4 is 10.6 Å². The Labute approximate surface area is 169 Å². The summed E-state index contributed by atoms with van der Waals surface area (Å²) in [6.45, 7) is 3.94. The summed E-state index contributed by atoms with van der Waals surface area (Å²) in [6, 6.07) is 23.0. The van der Waals surface area contributed by atoms with Crippen molar-refractivity contribution >= 4 is 11.7 Å². The fraction of sp³-hybridized carbons (Fsp3) is 0.174. The van der Waals surface area contributed by atoms with Crippen molar-refractivity contribution in [2.45, 2.75) is 25.9 Å². The highest BCUT2D eigenvalue weighted by molar-refractivity contribution is 5.75. The third-order valence-electron chi connectivity index (χ3n) is 4.89. The molecule has 2 amide bonds. The first kappa shape index (κ1) is 18.7. The monoisotopic (exact) mass is 385 g/mol. The van der Waals surface area contributed by atoms with Gasteiger partial charge >= 0.3 is 6.03 Å². The number of aryl methyl sites for hydroxylation is 1. The lowest BCUT2D eigenvalue weighted by atomic mass is 9.98. The first-order valence-corrected chi connectivity index (χ1v) is 9.60. The number of rotatable bonds is 5. The third-order valence-corrected chi connectivity index (χ3v) is 4.89. The smallest absolute Gasteiger partial charge is 0.316 e. The number of carbonyl (C=O) groups excluding carboxylic acids is 1. The fourth-order valence-corrected chi connectivity index (χ4v) is 3.35. The number of nitrogens with zero attached hydrogens (tertiary/aromatic N) is 3. The molecule has 146 valence electrons. The van der Waals surface area contributed by atoms with E-state index in [1.807, 2.05) is 85.1 Å². The molecule has 2 heterocycles. The van der Waals surface area contributed by atoms with Crippen molar-refractivity contribution in [3.63, 3.8) is 0 Å². The molecule has 2 atom stereocenters. The summed E-state index contributed by atoms with van der Waals surface area (Å²) in [4.78, 5) is 12.8. The second-order valence-electron chi connectivity index (χ2n) is 7.08. The lowest BCUT2D eigenvalue weighted by Gasteiger charge is -2.22. The van der Waals surface area contributed by atoms with Crippen LogP contribution in [0.1, 0.15) is 41.5 Å². The Morgan fingerprint density at radius 3 is 2.31 bits per heavy atom. The van der Waals surface area contributed by atoms with E-state index in [0.29, 0.717) is 5.82 Å². The van der Waals surface area contributed by atoms with Crippen molar-refractivity contribution < 1.29 is 4.79 Å². The average Bonchev–Trinajstić information content (AvgIpc) is 3.18. The van der Waals surface area contributed by atoms with Gasteiger partial charge in [0.25, 0.3) is 0 Å². The van der Waals surface area contributed by atoms with Gasteiger partial charge in [-0.1, -0.05) is 66.2 Å². The molecule has 0 fully saturated rings. The molecule has 4 aromatic rings. The van der Waals surface area contributed by atoms with Gasteiger partial charge in [0, 0.05) is 6.20 Å². The van der Waals surface area contributed by atoms with Gasteiger partial charge in [-0.3, -0.25) is 4.40 Å². The maximum atomic E-state index is 12.8. The van der Waals surface area contributed by atoms with E-state index in [9.17, 15) is 4.79 Å². The average molecular weight is 385 g/mol. The summed E-state index contributed by atoms with van der Waals surface area (Å²) in [5.74, 6) is 0.683. The first-order valence-electron chi connectivity index (χ1n) is 9.60. The highest BCUT2D eigenvalue weighted by Crippen LogP contribution is 2.22. The number of hydrogen-bond donors (Lipinski definition) is 2. The van der Waals surface area contributed by atoms with E-state index >= 15 is 0 Å². The molecular weight excluding hydrogens is 362 g/mol. The van der Waals surface area contributed by atoms with Gasteiger partial charge in [-0.25, -0.2) is 4.79 Å². The summed E-state index contributed by atoms with van der Waals surface area (Å²) in [7, 11) is 0. The molecular formula is C23H23N5O. The van der Waals surface area contributed by atoms with Crippen LogP contribution in [0, 0.1) is 6.92 Å². The molecule has 6 heteroatoms. The second kappa shape index (κ2) is 8.14. The maximum Gasteiger partial charge on any atom is 0.316 e. The van der Waals surface area contributed by atoms with Crippen molar-refractivity contribution in [2.75, 3.05) is 0 Å². The normalized spacial score (nSPS) is 13.0. The van der Waals surface area contributed by atoms with Crippen molar-refractivity contribution in [3.05, 3.63) is 102 Å². The lowest BCUT2D eigenvalue weighted by molar-refractivity contribution is 0.235. The van der Waals surface area contributed by atoms with E-state index in [-0.39, 0.29) is 18.1 Å². The zero-order valence-corrected chi connectivity index (χ0v) is 16.4. The number of pyridine rings is 1. The van der Waals surface area contributed by atoms with Gasteiger partial charge in [0.15, 0.2) is 11.5 Å². The first-order chi connectivity index (χ1) is 14.1. The predicted octanol–water partition coefficient (Wildman–Crippen LogP) is 4.19. The fourth-order valence-electron chi connectivity index (χ4n) is 3.35. The lowest BCUT2D eigenvalue weighted by Crippen LogP contribution is -2.40. The zero-order chi connectivity index (χ0) is 20.2. The molecule has 2 unspecified atom stereocenters. The highest BCUT2D eigenvalue weighted by atomic mass is 16.2. The van der Waals surface area contributed by atoms with Crippen LogP contribution in [-0.2, 0) is 0 Å².